The molecule has 2 aromatic carbocycles. The van der Waals surface area contributed by atoms with Gasteiger partial charge in [0.05, 0.1) is 42.7 Å². The third-order valence-corrected chi connectivity index (χ3v) is 5.79. The minimum Gasteiger partial charge on any atom is -0.479 e. The van der Waals surface area contributed by atoms with E-state index >= 15 is 0 Å². The maximum absolute atomic E-state index is 11.0. The molecule has 0 aliphatic carbocycles. The molecule has 0 N–H and O–H groups in total. The van der Waals surface area contributed by atoms with Crippen LogP contribution in [-0.2, 0) is 11.3 Å². The molecule has 1 fully saturated rings. The molecular weight excluding hydrogens is 422 g/mol. The van der Waals surface area contributed by atoms with E-state index in [9.17, 15) is 10.1 Å². The number of nitrogens with zero attached hydrogens (tertiary/aromatic N) is 5. The number of methoxy groups -OCH3 is 1. The number of non-ortho nitro benzene ring substituents is 1. The molecule has 0 amide bonds. The summed E-state index contributed by atoms with van der Waals surface area (Å²) in [7, 11) is 1.51. The lowest BCUT2D eigenvalue weighted by Crippen LogP contribution is -2.45. The van der Waals surface area contributed by atoms with Crippen LogP contribution in [-0.4, -0.2) is 77.6 Å². The van der Waals surface area contributed by atoms with E-state index in [2.05, 4.69) is 51.4 Å². The summed E-state index contributed by atoms with van der Waals surface area (Å²) >= 11 is 0. The lowest BCUT2D eigenvalue weighted by Gasteiger charge is -2.34. The summed E-state index contributed by atoms with van der Waals surface area (Å²) in [6.45, 7) is 6.66. The molecule has 0 unspecified atom stereocenters. The second kappa shape index (κ2) is 10.9. The Kier molecular flexibility index (Phi) is 7.54. The molecule has 1 aromatic heterocycles. The number of piperazine rings is 1. The van der Waals surface area contributed by atoms with Crippen molar-refractivity contribution in [3.05, 3.63) is 70.4 Å². The molecule has 1 saturated heterocycles. The average Bonchev–Trinajstić information content (AvgIpc) is 3.21. The van der Waals surface area contributed by atoms with Gasteiger partial charge in [-0.25, -0.2) is 0 Å². The van der Waals surface area contributed by atoms with Gasteiger partial charge in [0.2, 0.25) is 5.88 Å². The van der Waals surface area contributed by atoms with Crippen molar-refractivity contribution >= 4 is 22.7 Å². The summed E-state index contributed by atoms with van der Waals surface area (Å²) < 4.78 is 12.9. The average molecular weight is 452 g/mol. The number of ether oxygens (including phenoxy) is 2. The van der Waals surface area contributed by atoms with E-state index in [4.69, 9.17) is 9.47 Å². The monoisotopic (exact) mass is 451 g/mol. The highest BCUT2D eigenvalue weighted by Crippen LogP contribution is 2.28. The van der Waals surface area contributed by atoms with Gasteiger partial charge in [-0.3, -0.25) is 19.7 Å². The summed E-state index contributed by atoms with van der Waals surface area (Å²) in [5.74, 6) is 0.382. The van der Waals surface area contributed by atoms with Gasteiger partial charge >= 0.3 is 0 Å². The van der Waals surface area contributed by atoms with Gasteiger partial charge in [0, 0.05) is 44.9 Å². The molecule has 9 nitrogen and oxygen atoms in total. The Hall–Kier alpha value is -3.43. The number of hydrogen-bond donors (Lipinski definition) is 0. The quantitative estimate of drug-likeness (QED) is 0.266. The zero-order chi connectivity index (χ0) is 23.0. The summed E-state index contributed by atoms with van der Waals surface area (Å²) in [5, 5.41) is 16.1. The van der Waals surface area contributed by atoms with Crippen molar-refractivity contribution in [1.29, 1.82) is 0 Å². The smallest absolute Gasteiger partial charge is 0.270 e. The number of fused-ring (bicyclic) bond motifs is 1. The van der Waals surface area contributed by atoms with Gasteiger partial charge in [-0.15, -0.1) is 5.10 Å². The number of aromatic nitrogens is 2. The van der Waals surface area contributed by atoms with E-state index in [-0.39, 0.29) is 5.69 Å². The van der Waals surface area contributed by atoms with Crippen molar-refractivity contribution in [2.24, 2.45) is 0 Å². The van der Waals surface area contributed by atoms with Crippen molar-refractivity contribution in [3.8, 4) is 5.88 Å². The number of rotatable bonds is 10. The predicted octanol–water partition coefficient (Wildman–Crippen LogP) is 3.26. The van der Waals surface area contributed by atoms with Gasteiger partial charge in [0.25, 0.3) is 5.69 Å². The van der Waals surface area contributed by atoms with Crippen molar-refractivity contribution in [2.45, 2.75) is 6.54 Å². The van der Waals surface area contributed by atoms with Crippen LogP contribution in [0, 0.1) is 10.1 Å². The Bertz CT molecular complexity index is 1090. The highest BCUT2D eigenvalue weighted by Gasteiger charge is 2.16. The zero-order valence-electron chi connectivity index (χ0n) is 18.8. The minimum absolute atomic E-state index is 0.0206. The standard InChI is InChI=1S/C24H29N5O4/c1-32-24-22-19-21(29(30)31)7-8-23(22)28(25-24)16-18-33-17-15-27-13-11-26(12-14-27)10-9-20-5-3-2-4-6-20/h2-10,19H,11-18H2,1H3/b10-9+. The van der Waals surface area contributed by atoms with E-state index in [1.165, 1.54) is 24.8 Å². The van der Waals surface area contributed by atoms with Crippen LogP contribution < -0.4 is 4.74 Å². The van der Waals surface area contributed by atoms with E-state index in [1.807, 2.05) is 6.07 Å². The van der Waals surface area contributed by atoms with Gasteiger partial charge in [0.15, 0.2) is 0 Å². The van der Waals surface area contributed by atoms with Crippen LogP contribution in [0.4, 0.5) is 5.69 Å². The molecular formula is C24H29N5O4. The normalized spacial score (nSPS) is 14.9. The minimum atomic E-state index is -0.418. The third kappa shape index (κ3) is 5.88. The fourth-order valence-corrected chi connectivity index (χ4v) is 3.91. The number of nitro groups is 1. The van der Waals surface area contributed by atoms with Crippen molar-refractivity contribution in [3.63, 3.8) is 0 Å². The molecule has 174 valence electrons. The van der Waals surface area contributed by atoms with Gasteiger partial charge in [0.1, 0.15) is 0 Å². The van der Waals surface area contributed by atoms with Crippen LogP contribution in [0.25, 0.3) is 17.0 Å². The lowest BCUT2D eigenvalue weighted by atomic mass is 10.2. The predicted molar refractivity (Wildman–Crippen MR) is 127 cm³/mol. The van der Waals surface area contributed by atoms with E-state index in [1.54, 1.807) is 10.7 Å². The Balaban J connectivity index is 1.19. The fourth-order valence-electron chi connectivity index (χ4n) is 3.91. The van der Waals surface area contributed by atoms with E-state index in [0.717, 1.165) is 38.2 Å². The van der Waals surface area contributed by atoms with Crippen LogP contribution in [0.3, 0.4) is 0 Å². The largest absolute Gasteiger partial charge is 0.479 e. The highest BCUT2D eigenvalue weighted by molar-refractivity contribution is 5.86. The molecule has 2 heterocycles. The van der Waals surface area contributed by atoms with Gasteiger partial charge < -0.3 is 14.4 Å². The molecule has 4 rings (SSSR count). The van der Waals surface area contributed by atoms with Crippen LogP contribution >= 0.6 is 0 Å². The first-order valence-electron chi connectivity index (χ1n) is 11.1. The molecule has 0 saturated carbocycles. The van der Waals surface area contributed by atoms with Crippen molar-refractivity contribution in [1.82, 2.24) is 19.6 Å². The molecule has 3 aromatic rings. The number of benzene rings is 2. The second-order valence-corrected chi connectivity index (χ2v) is 7.91. The first-order valence-corrected chi connectivity index (χ1v) is 11.1. The summed E-state index contributed by atoms with van der Waals surface area (Å²) in [5.41, 5.74) is 2.03. The zero-order valence-corrected chi connectivity index (χ0v) is 18.8. The van der Waals surface area contributed by atoms with Crippen molar-refractivity contribution in [2.75, 3.05) is 53.0 Å². The van der Waals surface area contributed by atoms with Crippen LogP contribution in [0.1, 0.15) is 5.56 Å². The number of hydrogen-bond acceptors (Lipinski definition) is 7. The lowest BCUT2D eigenvalue weighted by molar-refractivity contribution is -0.384. The Morgan fingerprint density at radius 1 is 1.06 bits per heavy atom. The molecule has 9 heteroatoms. The fraction of sp³-hybridized carbons (Fsp3) is 0.375. The molecule has 0 bridgehead atoms. The van der Waals surface area contributed by atoms with E-state index < -0.39 is 4.92 Å². The summed E-state index contributed by atoms with van der Waals surface area (Å²) in [6, 6.07) is 15.0. The molecule has 0 radical (unpaired) electrons. The Morgan fingerprint density at radius 2 is 1.82 bits per heavy atom. The molecule has 1 aliphatic heterocycles. The Morgan fingerprint density at radius 3 is 2.55 bits per heavy atom. The SMILES string of the molecule is COc1nn(CCOCCN2CCN(/C=C/c3ccccc3)CC2)c2ccc([N+](=O)[O-])cc12. The molecule has 33 heavy (non-hydrogen) atoms. The summed E-state index contributed by atoms with van der Waals surface area (Å²) in [6.07, 6.45) is 4.34. The van der Waals surface area contributed by atoms with Gasteiger partial charge in [-0.2, -0.15) is 0 Å². The first-order chi connectivity index (χ1) is 16.1. The van der Waals surface area contributed by atoms with Gasteiger partial charge in [-0.1, -0.05) is 30.3 Å². The van der Waals surface area contributed by atoms with Crippen LogP contribution in [0.15, 0.2) is 54.7 Å². The molecule has 1 aliphatic rings. The maximum Gasteiger partial charge on any atom is 0.270 e. The molecule has 0 spiro atoms. The second-order valence-electron chi connectivity index (χ2n) is 7.91. The number of nitro benzene ring substituents is 1. The van der Waals surface area contributed by atoms with Crippen molar-refractivity contribution < 1.29 is 14.4 Å². The first kappa shape index (κ1) is 22.8. The Labute approximate surface area is 192 Å². The highest BCUT2D eigenvalue weighted by atomic mass is 16.6. The van der Waals surface area contributed by atoms with E-state index in [0.29, 0.717) is 31.0 Å². The van der Waals surface area contributed by atoms with Gasteiger partial charge in [-0.05, 0) is 23.9 Å². The van der Waals surface area contributed by atoms with Crippen LogP contribution in [0.5, 0.6) is 5.88 Å². The summed E-state index contributed by atoms with van der Waals surface area (Å²) in [4.78, 5) is 15.4. The molecule has 0 atom stereocenters. The third-order valence-electron chi connectivity index (χ3n) is 5.79. The topological polar surface area (TPSA) is 85.9 Å². The van der Waals surface area contributed by atoms with Crippen LogP contribution in [0.2, 0.25) is 0 Å². The maximum atomic E-state index is 11.0.